The predicted molar refractivity (Wildman–Crippen MR) is 132 cm³/mol. The van der Waals surface area contributed by atoms with Crippen molar-refractivity contribution in [2.24, 2.45) is 10.3 Å². The van der Waals surface area contributed by atoms with E-state index in [-0.39, 0.29) is 0 Å². The minimum atomic E-state index is 0.625. The number of terminal acetylenes is 1. The lowest BCUT2D eigenvalue weighted by Crippen LogP contribution is -2.28. The van der Waals surface area contributed by atoms with Crippen LogP contribution in [0.3, 0.4) is 0 Å². The van der Waals surface area contributed by atoms with Crippen LogP contribution < -0.4 is 0 Å². The summed E-state index contributed by atoms with van der Waals surface area (Å²) >= 11 is 0. The molecule has 0 saturated heterocycles. The van der Waals surface area contributed by atoms with Gasteiger partial charge in [0, 0.05) is 39.0 Å². The molecule has 32 heavy (non-hydrogen) atoms. The molecule has 1 aromatic rings. The molecule has 1 aromatic carbocycles. The Balaban J connectivity index is 0.000000235. The van der Waals surface area contributed by atoms with Crippen molar-refractivity contribution in [2.75, 3.05) is 40.3 Å². The predicted octanol–water partition coefficient (Wildman–Crippen LogP) is 4.20. The highest BCUT2D eigenvalue weighted by Gasteiger charge is 2.15. The highest BCUT2D eigenvalue weighted by molar-refractivity contribution is 6.00. The van der Waals surface area contributed by atoms with Crippen LogP contribution in [-0.4, -0.2) is 71.9 Å². The molecule has 0 aliphatic carbocycles. The van der Waals surface area contributed by atoms with Crippen molar-refractivity contribution in [3.05, 3.63) is 59.2 Å². The zero-order valence-electron chi connectivity index (χ0n) is 19.4. The minimum Gasteiger partial charge on any atom is -0.411 e. The zero-order valence-corrected chi connectivity index (χ0v) is 19.4. The maximum absolute atomic E-state index is 9.17. The summed E-state index contributed by atoms with van der Waals surface area (Å²) in [7, 11) is 4.16. The van der Waals surface area contributed by atoms with Gasteiger partial charge in [0.25, 0.3) is 0 Å². The summed E-state index contributed by atoms with van der Waals surface area (Å²) in [6.45, 7) is 3.89. The largest absolute Gasteiger partial charge is 0.411 e. The van der Waals surface area contributed by atoms with Crippen LogP contribution in [0.15, 0.2) is 63.9 Å². The maximum atomic E-state index is 9.17. The molecule has 0 unspecified atom stereocenters. The van der Waals surface area contributed by atoms with E-state index in [4.69, 9.17) is 11.6 Å². The molecule has 3 rings (SSSR count). The first-order valence-corrected chi connectivity index (χ1v) is 11.2. The van der Waals surface area contributed by atoms with E-state index in [9.17, 15) is 5.21 Å². The fourth-order valence-corrected chi connectivity index (χ4v) is 3.85. The first-order valence-electron chi connectivity index (χ1n) is 11.2. The number of likely N-dealkylation sites (N-methyl/N-ethyl adjacent to an activating group) is 2. The van der Waals surface area contributed by atoms with E-state index >= 15 is 0 Å². The van der Waals surface area contributed by atoms with Crippen molar-refractivity contribution in [3.63, 3.8) is 0 Å². The number of hydrogen-bond donors (Lipinski definition) is 2. The Morgan fingerprint density at radius 2 is 1.44 bits per heavy atom. The van der Waals surface area contributed by atoms with Gasteiger partial charge >= 0.3 is 0 Å². The van der Waals surface area contributed by atoms with Gasteiger partial charge in [0.15, 0.2) is 0 Å². The molecule has 0 atom stereocenters. The van der Waals surface area contributed by atoms with E-state index in [0.29, 0.717) is 12.8 Å². The Bertz CT molecular complexity index is 866. The van der Waals surface area contributed by atoms with E-state index in [1.165, 1.54) is 11.1 Å². The van der Waals surface area contributed by atoms with Crippen molar-refractivity contribution < 1.29 is 10.4 Å². The van der Waals surface area contributed by atoms with Gasteiger partial charge in [-0.25, -0.2) is 0 Å². The topological polar surface area (TPSA) is 71.7 Å². The van der Waals surface area contributed by atoms with Crippen molar-refractivity contribution in [3.8, 4) is 12.3 Å². The molecule has 2 aliphatic rings. The number of benzene rings is 1. The van der Waals surface area contributed by atoms with Crippen molar-refractivity contribution >= 4 is 11.4 Å². The van der Waals surface area contributed by atoms with E-state index < -0.39 is 0 Å². The first kappa shape index (κ1) is 25.4. The number of aryl methyl sites for hydroxylation is 1. The second-order valence-electron chi connectivity index (χ2n) is 8.29. The molecular weight excluding hydrogens is 400 g/mol. The van der Waals surface area contributed by atoms with Gasteiger partial charge in [-0.3, -0.25) is 0 Å². The molecule has 6 heteroatoms. The van der Waals surface area contributed by atoms with Crippen LogP contribution in [-0.2, 0) is 6.42 Å². The Morgan fingerprint density at radius 1 is 0.906 bits per heavy atom. The molecule has 172 valence electrons. The Hall–Kier alpha value is -2.88. The molecule has 2 N–H and O–H groups in total. The van der Waals surface area contributed by atoms with Gasteiger partial charge in [-0.05, 0) is 56.5 Å². The quantitative estimate of drug-likeness (QED) is 0.291. The van der Waals surface area contributed by atoms with Crippen molar-refractivity contribution in [1.29, 1.82) is 0 Å². The highest BCUT2D eigenvalue weighted by atomic mass is 16.4. The summed E-state index contributed by atoms with van der Waals surface area (Å²) in [5.74, 6) is 2.55. The van der Waals surface area contributed by atoms with Crippen LogP contribution in [0.1, 0.15) is 37.7 Å². The summed E-state index contributed by atoms with van der Waals surface area (Å²) in [6.07, 6.45) is 14.5. The molecule has 0 amide bonds. The van der Waals surface area contributed by atoms with Gasteiger partial charge in [-0.2, -0.15) is 0 Å². The molecule has 0 fully saturated rings. The molecular formula is C26H36N4O2. The third kappa shape index (κ3) is 8.70. The van der Waals surface area contributed by atoms with E-state index in [1.54, 1.807) is 0 Å². The normalized spacial score (nSPS) is 18.2. The Kier molecular flexibility index (Phi) is 11.3. The fourth-order valence-electron chi connectivity index (χ4n) is 3.85. The average Bonchev–Trinajstić information content (AvgIpc) is 2.81. The SMILES string of the molecule is C#CCCC(=NO)C1=CCCN(C)C1.CN1CCC=C(C(CCc2ccccc2)=NO)C1. The van der Waals surface area contributed by atoms with Crippen molar-refractivity contribution in [1.82, 2.24) is 9.80 Å². The smallest absolute Gasteiger partial charge is 0.0846 e. The van der Waals surface area contributed by atoms with Gasteiger partial charge in [-0.15, -0.1) is 12.3 Å². The van der Waals surface area contributed by atoms with Crippen LogP contribution in [0.25, 0.3) is 0 Å². The van der Waals surface area contributed by atoms with Gasteiger partial charge in [0.1, 0.15) is 0 Å². The summed E-state index contributed by atoms with van der Waals surface area (Å²) in [4.78, 5) is 4.46. The van der Waals surface area contributed by atoms with E-state index in [0.717, 1.165) is 68.9 Å². The number of nitrogens with zero attached hydrogens (tertiary/aromatic N) is 4. The van der Waals surface area contributed by atoms with Gasteiger partial charge in [0.2, 0.25) is 0 Å². The van der Waals surface area contributed by atoms with Gasteiger partial charge < -0.3 is 20.2 Å². The highest BCUT2D eigenvalue weighted by Crippen LogP contribution is 2.14. The first-order chi connectivity index (χ1) is 15.6. The molecule has 0 aromatic heterocycles. The standard InChI is InChI=1S/C15H20N2O.C11H16N2O/c1-17-11-5-8-14(12-17)15(16-18)10-9-13-6-3-2-4-7-13;1-3-4-7-11(12-14)10-6-5-8-13(2)9-10/h2-4,6-8,18H,5,9-12H2,1H3;1,6,14H,4-5,7-9H2,2H3. The second kappa shape index (κ2) is 14.2. The lowest BCUT2D eigenvalue weighted by molar-refractivity contribution is 0.315. The van der Waals surface area contributed by atoms with Crippen LogP contribution >= 0.6 is 0 Å². The molecule has 0 spiro atoms. The average molecular weight is 437 g/mol. The maximum Gasteiger partial charge on any atom is 0.0846 e. The number of oxime groups is 2. The monoisotopic (exact) mass is 436 g/mol. The summed E-state index contributed by atoms with van der Waals surface area (Å²) < 4.78 is 0. The molecule has 0 bridgehead atoms. The van der Waals surface area contributed by atoms with E-state index in [1.807, 2.05) is 18.2 Å². The lowest BCUT2D eigenvalue weighted by atomic mass is 9.99. The zero-order chi connectivity index (χ0) is 23.2. The van der Waals surface area contributed by atoms with Crippen LogP contribution in [0.5, 0.6) is 0 Å². The molecule has 0 radical (unpaired) electrons. The third-order valence-electron chi connectivity index (χ3n) is 5.67. The molecule has 2 aliphatic heterocycles. The van der Waals surface area contributed by atoms with Crippen molar-refractivity contribution in [2.45, 2.75) is 38.5 Å². The van der Waals surface area contributed by atoms with Crippen LogP contribution in [0.2, 0.25) is 0 Å². The van der Waals surface area contributed by atoms with Gasteiger partial charge in [0.05, 0.1) is 11.4 Å². The molecule has 6 nitrogen and oxygen atoms in total. The second-order valence-corrected chi connectivity index (χ2v) is 8.29. The number of hydrogen-bond acceptors (Lipinski definition) is 6. The summed E-state index contributed by atoms with van der Waals surface area (Å²) in [5, 5.41) is 24.8. The Morgan fingerprint density at radius 3 is 1.91 bits per heavy atom. The van der Waals surface area contributed by atoms with Gasteiger partial charge in [-0.1, -0.05) is 52.8 Å². The van der Waals surface area contributed by atoms with Crippen LogP contribution in [0.4, 0.5) is 0 Å². The summed E-state index contributed by atoms with van der Waals surface area (Å²) in [5.41, 5.74) is 5.11. The van der Waals surface area contributed by atoms with Crippen LogP contribution in [0, 0.1) is 12.3 Å². The third-order valence-corrected chi connectivity index (χ3v) is 5.67. The molecule has 2 heterocycles. The fraction of sp³-hybridized carbons (Fsp3) is 0.462. The minimum absolute atomic E-state index is 0.625. The lowest BCUT2D eigenvalue weighted by Gasteiger charge is -2.23. The summed E-state index contributed by atoms with van der Waals surface area (Å²) in [6, 6.07) is 10.3. The molecule has 0 saturated carbocycles. The Labute approximate surface area is 192 Å². The number of rotatable bonds is 7. The van der Waals surface area contributed by atoms with E-state index in [2.05, 4.69) is 64.4 Å².